The largest absolute Gasteiger partial charge is 0.477 e. The molecule has 1 amide bonds. The molecule has 1 aromatic heterocycles. The monoisotopic (exact) mass is 445 g/mol. The lowest BCUT2D eigenvalue weighted by molar-refractivity contribution is -0.174. The van der Waals surface area contributed by atoms with Crippen LogP contribution in [0.4, 0.5) is 23.2 Å². The summed E-state index contributed by atoms with van der Waals surface area (Å²) >= 11 is 1.21. The van der Waals surface area contributed by atoms with Crippen molar-refractivity contribution in [3.63, 3.8) is 0 Å². The van der Waals surface area contributed by atoms with Gasteiger partial charge in [-0.15, -0.1) is 0 Å². The van der Waals surface area contributed by atoms with Crippen LogP contribution in [0.2, 0.25) is 0 Å². The number of aromatic nitrogens is 1. The summed E-state index contributed by atoms with van der Waals surface area (Å²) in [6.07, 6.45) is -4.80. The number of carboxylic acids is 1. The quantitative estimate of drug-likeness (QED) is 0.706. The van der Waals surface area contributed by atoms with Crippen LogP contribution in [0.5, 0.6) is 0 Å². The third-order valence-corrected chi connectivity index (χ3v) is 6.39. The molecule has 7 nitrogen and oxygen atoms in total. The molecule has 0 spiro atoms. The van der Waals surface area contributed by atoms with E-state index in [0.29, 0.717) is 5.52 Å². The van der Waals surface area contributed by atoms with Crippen LogP contribution in [0.1, 0.15) is 29.1 Å². The molecule has 0 bridgehead atoms. The number of aromatic carboxylic acids is 1. The molecule has 2 aliphatic heterocycles. The first-order chi connectivity index (χ1) is 14.0. The molecule has 0 saturated carbocycles. The van der Waals surface area contributed by atoms with E-state index in [-0.39, 0.29) is 41.0 Å². The van der Waals surface area contributed by atoms with Gasteiger partial charge in [-0.05, 0) is 25.5 Å². The van der Waals surface area contributed by atoms with Crippen LogP contribution in [0.25, 0.3) is 10.9 Å². The fourth-order valence-electron chi connectivity index (χ4n) is 3.83. The standard InChI is InChI=1S/C18H15F4N3O4S/c1-7-25-11-5-12(24-3-2-8(6-24)23-17(29)18(20,21)22)10(19)4-9(11)14(26)13(16(27)28)15(25)30-7/h4-5,7-8H,2-3,6H2,1H3,(H,23,29)(H,27,28)/t7?,8-/m0/s1. The Bertz CT molecular complexity index is 1150. The Hall–Kier alpha value is -2.76. The summed E-state index contributed by atoms with van der Waals surface area (Å²) in [5.74, 6) is -4.23. The number of pyridine rings is 1. The molecule has 160 valence electrons. The highest BCUT2D eigenvalue weighted by atomic mass is 32.2. The van der Waals surface area contributed by atoms with Gasteiger partial charge in [-0.25, -0.2) is 9.18 Å². The lowest BCUT2D eigenvalue weighted by Gasteiger charge is -2.33. The zero-order valence-electron chi connectivity index (χ0n) is 15.4. The minimum absolute atomic E-state index is 0.0289. The predicted molar refractivity (Wildman–Crippen MR) is 101 cm³/mol. The van der Waals surface area contributed by atoms with Crippen LogP contribution in [-0.2, 0) is 4.79 Å². The fourth-order valence-corrected chi connectivity index (χ4v) is 4.99. The number of fused-ring (bicyclic) bond motifs is 3. The highest BCUT2D eigenvalue weighted by Gasteiger charge is 2.41. The molecule has 4 rings (SSSR count). The van der Waals surface area contributed by atoms with Crippen molar-refractivity contribution in [3.05, 3.63) is 33.7 Å². The van der Waals surface area contributed by atoms with Crippen LogP contribution < -0.4 is 15.6 Å². The minimum atomic E-state index is -5.00. The number of hydrogen-bond donors (Lipinski definition) is 2. The van der Waals surface area contributed by atoms with Gasteiger partial charge in [-0.1, -0.05) is 11.8 Å². The zero-order valence-corrected chi connectivity index (χ0v) is 16.2. The van der Waals surface area contributed by atoms with Crippen molar-refractivity contribution in [2.24, 2.45) is 0 Å². The molecule has 12 heteroatoms. The van der Waals surface area contributed by atoms with Crippen molar-refractivity contribution in [1.82, 2.24) is 9.88 Å². The number of thioether (sulfide) groups is 1. The summed E-state index contributed by atoms with van der Waals surface area (Å²) in [5, 5.41) is 11.3. The number of nitrogens with one attached hydrogen (secondary N) is 1. The van der Waals surface area contributed by atoms with E-state index in [9.17, 15) is 37.1 Å². The first-order valence-corrected chi connectivity index (χ1v) is 9.81. The van der Waals surface area contributed by atoms with Crippen molar-refractivity contribution in [2.75, 3.05) is 18.0 Å². The van der Waals surface area contributed by atoms with Crippen molar-refractivity contribution in [3.8, 4) is 0 Å². The second-order valence-corrected chi connectivity index (χ2v) is 8.43. The molecule has 0 radical (unpaired) electrons. The van der Waals surface area contributed by atoms with E-state index in [1.54, 1.807) is 11.5 Å². The summed E-state index contributed by atoms with van der Waals surface area (Å²) in [5.41, 5.74) is -0.767. The first-order valence-electron chi connectivity index (χ1n) is 8.93. The van der Waals surface area contributed by atoms with Crippen molar-refractivity contribution < 1.29 is 32.3 Å². The van der Waals surface area contributed by atoms with Crippen LogP contribution in [0, 0.1) is 5.82 Å². The molecule has 2 aliphatic rings. The number of anilines is 1. The van der Waals surface area contributed by atoms with Gasteiger partial charge in [0.2, 0.25) is 5.43 Å². The summed E-state index contributed by atoms with van der Waals surface area (Å²) < 4.78 is 53.8. The Morgan fingerprint density at radius 2 is 2.00 bits per heavy atom. The molecule has 0 aliphatic carbocycles. The van der Waals surface area contributed by atoms with Gasteiger partial charge in [0.15, 0.2) is 0 Å². The van der Waals surface area contributed by atoms with Gasteiger partial charge in [-0.3, -0.25) is 9.59 Å². The predicted octanol–water partition coefficient (Wildman–Crippen LogP) is 2.72. The molecule has 2 N–H and O–H groups in total. The molecular weight excluding hydrogens is 430 g/mol. The van der Waals surface area contributed by atoms with E-state index in [1.165, 1.54) is 22.7 Å². The summed E-state index contributed by atoms with van der Waals surface area (Å²) in [6.45, 7) is 1.98. The molecule has 1 fully saturated rings. The maximum absolute atomic E-state index is 14.8. The van der Waals surface area contributed by atoms with E-state index < -0.39 is 40.9 Å². The van der Waals surface area contributed by atoms with Crippen molar-refractivity contribution in [2.45, 2.75) is 36.0 Å². The Morgan fingerprint density at radius 1 is 1.30 bits per heavy atom. The summed E-state index contributed by atoms with van der Waals surface area (Å²) in [4.78, 5) is 36.7. The van der Waals surface area contributed by atoms with Gasteiger partial charge in [0, 0.05) is 24.5 Å². The average molecular weight is 445 g/mol. The number of carbonyl (C=O) groups is 2. The summed E-state index contributed by atoms with van der Waals surface area (Å²) in [7, 11) is 0. The zero-order chi connectivity index (χ0) is 22.0. The van der Waals surface area contributed by atoms with Crippen LogP contribution in [-0.4, -0.2) is 46.9 Å². The van der Waals surface area contributed by atoms with E-state index in [2.05, 4.69) is 0 Å². The third-order valence-electron chi connectivity index (χ3n) is 5.21. The normalized spacial score (nSPS) is 20.8. The SMILES string of the molecule is CC1Sc2c(C(=O)O)c(=O)c3cc(F)c(N4CC[C@H](NC(=O)C(F)(F)F)C4)cc3n21. The van der Waals surface area contributed by atoms with E-state index in [0.717, 1.165) is 6.07 Å². The average Bonchev–Trinajstić information content (AvgIpc) is 3.08. The number of hydrogen-bond acceptors (Lipinski definition) is 5. The number of nitrogens with zero attached hydrogens (tertiary/aromatic N) is 2. The Kier molecular flexibility index (Phi) is 4.71. The molecule has 2 aromatic rings. The minimum Gasteiger partial charge on any atom is -0.477 e. The van der Waals surface area contributed by atoms with Gasteiger partial charge in [0.1, 0.15) is 11.4 Å². The lowest BCUT2D eigenvalue weighted by Crippen LogP contribution is -2.44. The van der Waals surface area contributed by atoms with Gasteiger partial charge in [0.05, 0.1) is 21.6 Å². The topological polar surface area (TPSA) is 91.6 Å². The number of carboxylic acid groups (broad SMARTS) is 1. The van der Waals surface area contributed by atoms with Gasteiger partial charge >= 0.3 is 18.1 Å². The number of amides is 1. The van der Waals surface area contributed by atoms with Crippen LogP contribution in [0.15, 0.2) is 22.0 Å². The molecular formula is C18H15F4N3O4S. The van der Waals surface area contributed by atoms with Gasteiger partial charge in [0.25, 0.3) is 0 Å². The number of rotatable bonds is 3. The Balaban J connectivity index is 1.71. The van der Waals surface area contributed by atoms with E-state index in [1.807, 2.05) is 5.32 Å². The van der Waals surface area contributed by atoms with Crippen LogP contribution >= 0.6 is 11.8 Å². The maximum Gasteiger partial charge on any atom is 0.471 e. The number of carbonyl (C=O) groups excluding carboxylic acids is 1. The molecule has 1 aromatic carbocycles. The highest BCUT2D eigenvalue weighted by Crippen LogP contribution is 2.46. The lowest BCUT2D eigenvalue weighted by atomic mass is 10.1. The summed E-state index contributed by atoms with van der Waals surface area (Å²) in [6, 6.07) is 1.57. The Labute approximate surface area is 170 Å². The number of alkyl halides is 3. The highest BCUT2D eigenvalue weighted by molar-refractivity contribution is 8.00. The Morgan fingerprint density at radius 3 is 2.60 bits per heavy atom. The third kappa shape index (κ3) is 3.18. The number of benzene rings is 1. The number of halogens is 4. The first kappa shape index (κ1) is 20.5. The molecule has 1 unspecified atom stereocenters. The fraction of sp³-hybridized carbons (Fsp3) is 0.389. The van der Waals surface area contributed by atoms with Gasteiger partial charge in [-0.2, -0.15) is 13.2 Å². The van der Waals surface area contributed by atoms with Crippen LogP contribution in [0.3, 0.4) is 0 Å². The smallest absolute Gasteiger partial charge is 0.471 e. The molecule has 3 heterocycles. The second kappa shape index (κ2) is 6.89. The van der Waals surface area contributed by atoms with E-state index in [4.69, 9.17) is 0 Å². The second-order valence-electron chi connectivity index (χ2n) is 7.13. The maximum atomic E-state index is 14.8. The van der Waals surface area contributed by atoms with Crippen molar-refractivity contribution >= 4 is 40.2 Å². The van der Waals surface area contributed by atoms with Gasteiger partial charge < -0.3 is 19.9 Å². The molecule has 1 saturated heterocycles. The molecule has 30 heavy (non-hydrogen) atoms. The molecule has 2 atom stereocenters. The van der Waals surface area contributed by atoms with E-state index >= 15 is 0 Å². The van der Waals surface area contributed by atoms with Crippen molar-refractivity contribution in [1.29, 1.82) is 0 Å².